The number of carbonyl (C=O) groups excluding carboxylic acids is 1. The third kappa shape index (κ3) is 2.98. The molecule has 1 aromatic carbocycles. The smallest absolute Gasteiger partial charge is 0.229 e. The fourth-order valence-corrected chi connectivity index (χ4v) is 4.70. The Morgan fingerprint density at radius 2 is 1.96 bits per heavy atom. The molecule has 0 bridgehead atoms. The molecule has 1 spiro atoms. The van der Waals surface area contributed by atoms with Crippen molar-refractivity contribution in [2.24, 2.45) is 11.3 Å². The highest BCUT2D eigenvalue weighted by Gasteiger charge is 2.44. The van der Waals surface area contributed by atoms with E-state index in [4.69, 9.17) is 4.74 Å². The molecule has 1 atom stereocenters. The Bertz CT molecular complexity index is 601. The van der Waals surface area contributed by atoms with Gasteiger partial charge in [-0.25, -0.2) is 0 Å². The number of amides is 1. The van der Waals surface area contributed by atoms with Gasteiger partial charge in [-0.1, -0.05) is 24.3 Å². The van der Waals surface area contributed by atoms with Crippen LogP contribution >= 0.6 is 0 Å². The molecule has 130 valence electrons. The first-order valence-corrected chi connectivity index (χ1v) is 9.29. The van der Waals surface area contributed by atoms with Gasteiger partial charge in [0.1, 0.15) is 0 Å². The minimum Gasteiger partial charge on any atom is -0.381 e. The highest BCUT2D eigenvalue weighted by molar-refractivity contribution is 5.83. The summed E-state index contributed by atoms with van der Waals surface area (Å²) in [5.74, 6) is 1.04. The Morgan fingerprint density at radius 1 is 1.21 bits per heavy atom. The highest BCUT2D eigenvalue weighted by atomic mass is 16.5. The molecule has 0 radical (unpaired) electrons. The van der Waals surface area contributed by atoms with E-state index in [9.17, 15) is 4.79 Å². The lowest BCUT2D eigenvalue weighted by Crippen LogP contribution is -2.50. The summed E-state index contributed by atoms with van der Waals surface area (Å²) in [6.45, 7) is 5.80. The molecular weight excluding hydrogens is 300 g/mol. The number of rotatable bonds is 2. The summed E-state index contributed by atoms with van der Waals surface area (Å²) in [4.78, 5) is 17.6. The molecule has 3 aliphatic heterocycles. The van der Waals surface area contributed by atoms with Crippen molar-refractivity contribution in [3.63, 3.8) is 0 Å². The van der Waals surface area contributed by atoms with Crippen LogP contribution in [0.15, 0.2) is 24.3 Å². The second-order valence-corrected chi connectivity index (χ2v) is 7.92. The SMILES string of the molecule is CN1Cc2ccccc2CC2(CCN(CC3CCOC3)CC2)C1=O. The Kier molecular flexibility index (Phi) is 4.35. The molecule has 0 aromatic heterocycles. The van der Waals surface area contributed by atoms with Gasteiger partial charge in [-0.05, 0) is 55.8 Å². The molecule has 24 heavy (non-hydrogen) atoms. The Morgan fingerprint density at radius 3 is 2.67 bits per heavy atom. The molecule has 2 fully saturated rings. The normalized spacial score (nSPS) is 27.3. The van der Waals surface area contributed by atoms with E-state index < -0.39 is 0 Å². The second kappa shape index (κ2) is 6.49. The Hall–Kier alpha value is -1.39. The summed E-state index contributed by atoms with van der Waals surface area (Å²) in [5.41, 5.74) is 2.49. The molecule has 1 unspecified atom stereocenters. The van der Waals surface area contributed by atoms with Gasteiger partial charge < -0.3 is 14.5 Å². The zero-order valence-corrected chi connectivity index (χ0v) is 14.7. The fourth-order valence-electron chi connectivity index (χ4n) is 4.70. The lowest BCUT2D eigenvalue weighted by molar-refractivity contribution is -0.144. The summed E-state index contributed by atoms with van der Waals surface area (Å²) < 4.78 is 5.51. The van der Waals surface area contributed by atoms with E-state index in [0.29, 0.717) is 11.8 Å². The third-order valence-electron chi connectivity index (χ3n) is 6.21. The van der Waals surface area contributed by atoms with Gasteiger partial charge in [0.05, 0.1) is 12.0 Å². The molecule has 4 heteroatoms. The van der Waals surface area contributed by atoms with Crippen LogP contribution in [-0.4, -0.2) is 55.6 Å². The van der Waals surface area contributed by atoms with E-state index in [2.05, 4.69) is 29.2 Å². The minimum absolute atomic E-state index is 0.190. The van der Waals surface area contributed by atoms with Crippen molar-refractivity contribution in [1.29, 1.82) is 0 Å². The van der Waals surface area contributed by atoms with Crippen molar-refractivity contribution in [2.45, 2.75) is 32.2 Å². The first-order valence-electron chi connectivity index (χ1n) is 9.29. The number of hydrogen-bond acceptors (Lipinski definition) is 3. The lowest BCUT2D eigenvalue weighted by atomic mass is 9.73. The van der Waals surface area contributed by atoms with Crippen molar-refractivity contribution >= 4 is 5.91 Å². The van der Waals surface area contributed by atoms with Gasteiger partial charge in [0.2, 0.25) is 5.91 Å². The van der Waals surface area contributed by atoms with E-state index in [0.717, 1.165) is 58.7 Å². The maximum absolute atomic E-state index is 13.1. The summed E-state index contributed by atoms with van der Waals surface area (Å²) in [6, 6.07) is 8.58. The van der Waals surface area contributed by atoms with Crippen LogP contribution in [0.2, 0.25) is 0 Å². The van der Waals surface area contributed by atoms with Gasteiger partial charge in [-0.3, -0.25) is 4.79 Å². The Balaban J connectivity index is 1.49. The van der Waals surface area contributed by atoms with Crippen molar-refractivity contribution in [3.05, 3.63) is 35.4 Å². The zero-order valence-electron chi connectivity index (χ0n) is 14.7. The largest absolute Gasteiger partial charge is 0.381 e. The van der Waals surface area contributed by atoms with Gasteiger partial charge in [0.25, 0.3) is 0 Å². The number of hydrogen-bond donors (Lipinski definition) is 0. The average molecular weight is 328 g/mol. The number of ether oxygens (including phenoxy) is 1. The zero-order chi connectivity index (χ0) is 16.6. The van der Waals surface area contributed by atoms with Gasteiger partial charge in [-0.2, -0.15) is 0 Å². The fraction of sp³-hybridized carbons (Fsp3) is 0.650. The van der Waals surface area contributed by atoms with E-state index in [1.165, 1.54) is 17.5 Å². The second-order valence-electron chi connectivity index (χ2n) is 7.92. The number of piperidine rings is 1. The van der Waals surface area contributed by atoms with Gasteiger partial charge in [0, 0.05) is 26.7 Å². The predicted molar refractivity (Wildman–Crippen MR) is 93.7 cm³/mol. The molecule has 3 aliphatic rings. The molecule has 0 aliphatic carbocycles. The molecule has 1 aromatic rings. The summed E-state index contributed by atoms with van der Waals surface area (Å²) in [7, 11) is 1.97. The summed E-state index contributed by atoms with van der Waals surface area (Å²) in [6.07, 6.45) is 4.07. The topological polar surface area (TPSA) is 32.8 Å². The molecule has 2 saturated heterocycles. The molecular formula is C20H28N2O2. The van der Waals surface area contributed by atoms with Crippen molar-refractivity contribution in [3.8, 4) is 0 Å². The first-order chi connectivity index (χ1) is 11.7. The molecule has 3 heterocycles. The number of carbonyl (C=O) groups is 1. The quantitative estimate of drug-likeness (QED) is 0.835. The van der Waals surface area contributed by atoms with Crippen LogP contribution in [0.5, 0.6) is 0 Å². The standard InChI is InChI=1S/C20H28N2O2/c1-21-14-18-5-3-2-4-17(18)12-20(19(21)23)7-9-22(10-8-20)13-16-6-11-24-15-16/h2-5,16H,6-15H2,1H3. The third-order valence-corrected chi connectivity index (χ3v) is 6.21. The summed E-state index contributed by atoms with van der Waals surface area (Å²) >= 11 is 0. The van der Waals surface area contributed by atoms with E-state index in [1.807, 2.05) is 11.9 Å². The van der Waals surface area contributed by atoms with Crippen LogP contribution in [0, 0.1) is 11.3 Å². The van der Waals surface area contributed by atoms with E-state index in [-0.39, 0.29) is 5.41 Å². The van der Waals surface area contributed by atoms with Crippen LogP contribution < -0.4 is 0 Å². The van der Waals surface area contributed by atoms with E-state index >= 15 is 0 Å². The molecule has 4 nitrogen and oxygen atoms in total. The summed E-state index contributed by atoms with van der Waals surface area (Å²) in [5, 5.41) is 0. The van der Waals surface area contributed by atoms with Crippen LogP contribution in [0.4, 0.5) is 0 Å². The molecule has 4 rings (SSSR count). The lowest BCUT2D eigenvalue weighted by Gasteiger charge is -2.42. The minimum atomic E-state index is -0.190. The molecule has 0 saturated carbocycles. The molecule has 1 amide bonds. The predicted octanol–water partition coefficient (Wildman–Crippen LogP) is 2.32. The molecule has 0 N–H and O–H groups in total. The van der Waals surface area contributed by atoms with Gasteiger partial charge >= 0.3 is 0 Å². The van der Waals surface area contributed by atoms with Crippen molar-refractivity contribution in [2.75, 3.05) is 39.9 Å². The van der Waals surface area contributed by atoms with Crippen LogP contribution in [-0.2, 0) is 22.5 Å². The maximum atomic E-state index is 13.1. The Labute approximate surface area is 144 Å². The van der Waals surface area contributed by atoms with Crippen LogP contribution in [0.25, 0.3) is 0 Å². The highest BCUT2D eigenvalue weighted by Crippen LogP contribution is 2.40. The number of nitrogens with zero attached hydrogens (tertiary/aromatic N) is 2. The first kappa shape index (κ1) is 16.1. The number of likely N-dealkylation sites (tertiary alicyclic amines) is 1. The van der Waals surface area contributed by atoms with Gasteiger partial charge in [0.15, 0.2) is 0 Å². The van der Waals surface area contributed by atoms with E-state index in [1.54, 1.807) is 0 Å². The number of fused-ring (bicyclic) bond motifs is 1. The van der Waals surface area contributed by atoms with Crippen LogP contribution in [0.1, 0.15) is 30.4 Å². The van der Waals surface area contributed by atoms with Crippen molar-refractivity contribution < 1.29 is 9.53 Å². The van der Waals surface area contributed by atoms with Crippen molar-refractivity contribution in [1.82, 2.24) is 9.80 Å². The van der Waals surface area contributed by atoms with Crippen LogP contribution in [0.3, 0.4) is 0 Å². The van der Waals surface area contributed by atoms with Gasteiger partial charge in [-0.15, -0.1) is 0 Å². The average Bonchev–Trinajstić information content (AvgIpc) is 3.07. The monoisotopic (exact) mass is 328 g/mol. The number of benzene rings is 1. The maximum Gasteiger partial charge on any atom is 0.229 e.